The zero-order chi connectivity index (χ0) is 59.3. The summed E-state index contributed by atoms with van der Waals surface area (Å²) < 4.78 is 11.3. The first-order valence-corrected chi connectivity index (χ1v) is 35.9. The van der Waals surface area contributed by atoms with Gasteiger partial charge >= 0.3 is 0 Å². The summed E-state index contributed by atoms with van der Waals surface area (Å²) in [5.41, 5.74) is 0. The van der Waals surface area contributed by atoms with Gasteiger partial charge < -0.3 is 40.3 Å². The Morgan fingerprint density at radius 2 is 0.732 bits per heavy atom. The SMILES string of the molecule is CCCCCCC/C=C\C/C=C\CCCCCCCCCCCCCCCCCCCCCC(=O)NC(COC1OC(CO)C(O)C(O)C1O)C(O)/C=C/CC/C=C/CCCCCCCCCCCCCCCCCCCCCCCC. The average Bonchev–Trinajstić information content (AvgIpc) is 3.52. The fourth-order valence-corrected chi connectivity index (χ4v) is 11.5. The van der Waals surface area contributed by atoms with Gasteiger partial charge in [-0.2, -0.15) is 0 Å². The highest BCUT2D eigenvalue weighted by atomic mass is 16.7. The second-order valence-corrected chi connectivity index (χ2v) is 25.0. The van der Waals surface area contributed by atoms with E-state index in [1.807, 2.05) is 6.08 Å². The number of carbonyl (C=O) groups excluding carboxylic acids is 1. The minimum atomic E-state index is -1.57. The molecule has 1 aliphatic heterocycles. The minimum Gasteiger partial charge on any atom is -0.394 e. The lowest BCUT2D eigenvalue weighted by Crippen LogP contribution is -2.60. The molecular formula is C73H137NO8. The molecule has 0 aliphatic carbocycles. The summed E-state index contributed by atoms with van der Waals surface area (Å²) in [4.78, 5) is 13.1. The molecular weight excluding hydrogens is 1020 g/mol. The molecule has 0 aromatic heterocycles. The van der Waals surface area contributed by atoms with E-state index in [1.165, 1.54) is 289 Å². The molecule has 0 spiro atoms. The molecule has 1 amide bonds. The molecule has 82 heavy (non-hydrogen) atoms. The Balaban J connectivity index is 2.13. The molecule has 1 aliphatic rings. The number of hydrogen-bond acceptors (Lipinski definition) is 8. The van der Waals surface area contributed by atoms with Crippen LogP contribution >= 0.6 is 0 Å². The number of rotatable bonds is 63. The normalized spacial score (nSPS) is 18.5. The highest BCUT2D eigenvalue weighted by Gasteiger charge is 2.44. The fraction of sp³-hybridized carbons (Fsp3) is 0.877. The Hall–Kier alpha value is -1.85. The van der Waals surface area contributed by atoms with Crippen molar-refractivity contribution < 1.29 is 39.8 Å². The van der Waals surface area contributed by atoms with Crippen molar-refractivity contribution in [3.63, 3.8) is 0 Å². The summed E-state index contributed by atoms with van der Waals surface area (Å²) >= 11 is 0. The van der Waals surface area contributed by atoms with Crippen LogP contribution in [0.1, 0.15) is 354 Å². The van der Waals surface area contributed by atoms with Gasteiger partial charge in [0.05, 0.1) is 25.4 Å². The number of ether oxygens (including phenoxy) is 2. The van der Waals surface area contributed by atoms with Crippen LogP contribution in [0.15, 0.2) is 48.6 Å². The van der Waals surface area contributed by atoms with Crippen LogP contribution in [0, 0.1) is 0 Å². The highest BCUT2D eigenvalue weighted by molar-refractivity contribution is 5.76. The van der Waals surface area contributed by atoms with Crippen molar-refractivity contribution in [3.05, 3.63) is 48.6 Å². The summed E-state index contributed by atoms with van der Waals surface area (Å²) in [5.74, 6) is -0.180. The fourth-order valence-electron chi connectivity index (χ4n) is 11.5. The van der Waals surface area contributed by atoms with Crippen molar-refractivity contribution >= 4 is 5.91 Å². The molecule has 1 heterocycles. The molecule has 0 bridgehead atoms. The number of hydrogen-bond donors (Lipinski definition) is 6. The van der Waals surface area contributed by atoms with Gasteiger partial charge in [0.15, 0.2) is 6.29 Å². The summed E-state index contributed by atoms with van der Waals surface area (Å²) in [6.07, 6.45) is 78.0. The van der Waals surface area contributed by atoms with E-state index >= 15 is 0 Å². The number of carbonyl (C=O) groups is 1. The summed E-state index contributed by atoms with van der Waals surface area (Å²) in [5, 5.41) is 54.8. The number of unbranched alkanes of at least 4 members (excludes halogenated alkanes) is 47. The Bertz CT molecular complexity index is 1430. The van der Waals surface area contributed by atoms with Crippen molar-refractivity contribution in [2.75, 3.05) is 13.2 Å². The van der Waals surface area contributed by atoms with Crippen LogP contribution in [0.2, 0.25) is 0 Å². The Morgan fingerprint density at radius 1 is 0.415 bits per heavy atom. The summed E-state index contributed by atoms with van der Waals surface area (Å²) in [6, 6.07) is -0.823. The van der Waals surface area contributed by atoms with Gasteiger partial charge in [-0.05, 0) is 64.2 Å². The highest BCUT2D eigenvalue weighted by Crippen LogP contribution is 2.23. The minimum absolute atomic E-state index is 0.180. The second-order valence-electron chi connectivity index (χ2n) is 25.0. The van der Waals surface area contributed by atoms with Crippen LogP contribution < -0.4 is 5.32 Å². The quantitative estimate of drug-likeness (QED) is 0.0261. The number of amides is 1. The molecule has 0 saturated carbocycles. The van der Waals surface area contributed by atoms with Crippen LogP contribution in [0.5, 0.6) is 0 Å². The van der Waals surface area contributed by atoms with E-state index in [2.05, 4.69) is 55.6 Å². The van der Waals surface area contributed by atoms with Crippen molar-refractivity contribution in [2.24, 2.45) is 0 Å². The average molecular weight is 1160 g/mol. The van der Waals surface area contributed by atoms with Crippen LogP contribution in [0.4, 0.5) is 0 Å². The predicted octanol–water partition coefficient (Wildman–Crippen LogP) is 19.6. The first kappa shape index (κ1) is 78.2. The molecule has 7 atom stereocenters. The molecule has 482 valence electrons. The number of nitrogens with one attached hydrogen (secondary N) is 1. The zero-order valence-corrected chi connectivity index (χ0v) is 54.0. The lowest BCUT2D eigenvalue weighted by molar-refractivity contribution is -0.302. The maximum absolute atomic E-state index is 13.1. The topological polar surface area (TPSA) is 149 Å². The van der Waals surface area contributed by atoms with Crippen LogP contribution in [0.3, 0.4) is 0 Å². The first-order chi connectivity index (χ1) is 40.3. The third-order valence-corrected chi connectivity index (χ3v) is 17.1. The lowest BCUT2D eigenvalue weighted by atomic mass is 9.99. The van der Waals surface area contributed by atoms with Crippen molar-refractivity contribution in [3.8, 4) is 0 Å². The smallest absolute Gasteiger partial charge is 0.220 e. The zero-order valence-electron chi connectivity index (χ0n) is 54.0. The molecule has 1 saturated heterocycles. The van der Waals surface area contributed by atoms with Gasteiger partial charge in [0, 0.05) is 6.42 Å². The van der Waals surface area contributed by atoms with Gasteiger partial charge in [-0.15, -0.1) is 0 Å². The van der Waals surface area contributed by atoms with Crippen molar-refractivity contribution in [1.82, 2.24) is 5.32 Å². The molecule has 1 fully saturated rings. The summed E-state index contributed by atoms with van der Waals surface area (Å²) in [6.45, 7) is 3.80. The van der Waals surface area contributed by atoms with E-state index in [-0.39, 0.29) is 12.5 Å². The molecule has 1 rings (SSSR count). The maximum Gasteiger partial charge on any atom is 0.220 e. The maximum atomic E-state index is 13.1. The van der Waals surface area contributed by atoms with Gasteiger partial charge in [-0.3, -0.25) is 4.79 Å². The lowest BCUT2D eigenvalue weighted by Gasteiger charge is -2.40. The van der Waals surface area contributed by atoms with Gasteiger partial charge in [-0.1, -0.05) is 332 Å². The van der Waals surface area contributed by atoms with E-state index in [9.17, 15) is 30.3 Å². The summed E-state index contributed by atoms with van der Waals surface area (Å²) in [7, 11) is 0. The Morgan fingerprint density at radius 3 is 1.10 bits per heavy atom. The van der Waals surface area contributed by atoms with E-state index < -0.39 is 49.5 Å². The molecule has 9 nitrogen and oxygen atoms in total. The van der Waals surface area contributed by atoms with Crippen molar-refractivity contribution in [2.45, 2.75) is 397 Å². The number of aliphatic hydroxyl groups excluding tert-OH is 5. The van der Waals surface area contributed by atoms with Gasteiger partial charge in [0.2, 0.25) is 5.91 Å². The molecule has 0 radical (unpaired) electrons. The van der Waals surface area contributed by atoms with E-state index in [0.29, 0.717) is 6.42 Å². The Labute approximate surface area is 507 Å². The van der Waals surface area contributed by atoms with Gasteiger partial charge in [-0.25, -0.2) is 0 Å². The first-order valence-electron chi connectivity index (χ1n) is 35.9. The third-order valence-electron chi connectivity index (χ3n) is 17.1. The van der Waals surface area contributed by atoms with Crippen LogP contribution in [0.25, 0.3) is 0 Å². The molecule has 9 heteroatoms. The largest absolute Gasteiger partial charge is 0.394 e. The number of allylic oxidation sites excluding steroid dienone is 7. The molecule has 7 unspecified atom stereocenters. The van der Waals surface area contributed by atoms with Gasteiger partial charge in [0.1, 0.15) is 24.4 Å². The molecule has 0 aromatic carbocycles. The monoisotopic (exact) mass is 1160 g/mol. The standard InChI is InChI=1S/C73H137NO8/c1-3-5-7-9-11-13-15-17-19-21-23-25-27-29-31-33-34-35-37-39-41-43-45-47-49-51-53-55-57-59-61-63-69(77)74-66(65-81-73-72(80)71(79)70(78)68(64-75)82-73)67(76)62-60-58-56-54-52-50-48-46-44-42-40-38-36-32-30-28-26-24-22-20-18-16-14-12-10-8-6-4-2/h15,17,21,23,52,54,60,62,66-68,70-73,75-76,78-80H,3-14,16,18-20,22,24-51,53,55-59,61,63-65H2,1-2H3,(H,74,77)/b17-15-,23-21-,54-52+,62-60+. The van der Waals surface area contributed by atoms with Gasteiger partial charge in [0.25, 0.3) is 0 Å². The number of aliphatic hydroxyl groups is 5. The Kier molecular flexibility index (Phi) is 59.3. The second kappa shape index (κ2) is 62.2. The van der Waals surface area contributed by atoms with Crippen LogP contribution in [-0.2, 0) is 14.3 Å². The van der Waals surface area contributed by atoms with E-state index in [0.717, 1.165) is 44.9 Å². The molecule has 6 N–H and O–H groups in total. The van der Waals surface area contributed by atoms with E-state index in [4.69, 9.17) is 9.47 Å². The predicted molar refractivity (Wildman–Crippen MR) is 350 cm³/mol. The van der Waals surface area contributed by atoms with Crippen LogP contribution in [-0.4, -0.2) is 87.5 Å². The molecule has 0 aromatic rings. The van der Waals surface area contributed by atoms with Crippen molar-refractivity contribution in [1.29, 1.82) is 0 Å². The van der Waals surface area contributed by atoms with E-state index in [1.54, 1.807) is 6.08 Å². The third kappa shape index (κ3) is 50.3.